The summed E-state index contributed by atoms with van der Waals surface area (Å²) < 4.78 is 39.4. The van der Waals surface area contributed by atoms with Gasteiger partial charge in [0, 0.05) is 22.5 Å². The Bertz CT molecular complexity index is 2000. The van der Waals surface area contributed by atoms with Crippen LogP contribution < -0.4 is 5.32 Å². The molecule has 0 saturated heterocycles. The third-order valence-electron chi connectivity index (χ3n) is 9.35. The molecule has 0 aliphatic heterocycles. The van der Waals surface area contributed by atoms with Crippen LogP contribution in [0.5, 0.6) is 0 Å². The molecule has 7 heteroatoms. The molecule has 0 bridgehead atoms. The molecule has 0 aromatic heterocycles. The molecule has 5 aromatic rings. The lowest BCUT2D eigenvalue weighted by atomic mass is 9.71. The molecule has 1 aliphatic rings. The van der Waals surface area contributed by atoms with Gasteiger partial charge in [0.05, 0.1) is 11.1 Å². The van der Waals surface area contributed by atoms with E-state index in [1.54, 1.807) is 6.92 Å². The summed E-state index contributed by atoms with van der Waals surface area (Å²) >= 11 is 5.94. The number of halogens is 4. The Kier molecular flexibility index (Phi) is 12.0. The van der Waals surface area contributed by atoms with Crippen LogP contribution in [0, 0.1) is 6.92 Å². The number of nitrogens with zero attached hydrogens (tertiary/aromatic N) is 1. The van der Waals surface area contributed by atoms with Crippen molar-refractivity contribution in [1.29, 1.82) is 0 Å². The first-order valence-corrected chi connectivity index (χ1v) is 17.5. The lowest BCUT2D eigenvalue weighted by molar-refractivity contribution is -0.123. The highest BCUT2D eigenvalue weighted by molar-refractivity contribution is 6.30. The Balaban J connectivity index is 0.000000262. The number of benzene rings is 5. The van der Waals surface area contributed by atoms with Crippen molar-refractivity contribution in [3.63, 3.8) is 0 Å². The van der Waals surface area contributed by atoms with Crippen LogP contribution in [-0.4, -0.2) is 24.7 Å². The van der Waals surface area contributed by atoms with Crippen molar-refractivity contribution in [3.8, 4) is 22.3 Å². The second-order valence-electron chi connectivity index (χ2n) is 12.7. The Morgan fingerprint density at radius 3 is 2.06 bits per heavy atom. The van der Waals surface area contributed by atoms with Gasteiger partial charge >= 0.3 is 6.18 Å². The van der Waals surface area contributed by atoms with E-state index in [9.17, 15) is 18.0 Å². The predicted molar refractivity (Wildman–Crippen MR) is 205 cm³/mol. The first-order valence-electron chi connectivity index (χ1n) is 17.1. The van der Waals surface area contributed by atoms with Gasteiger partial charge < -0.3 is 5.32 Å². The van der Waals surface area contributed by atoms with Gasteiger partial charge in [-0.15, -0.1) is 0 Å². The zero-order valence-electron chi connectivity index (χ0n) is 29.2. The fraction of sp³-hybridized carbons (Fsp3) is 0.227. The Hall–Kier alpha value is -4.94. The second-order valence-corrected chi connectivity index (χ2v) is 13.2. The molecule has 0 unspecified atom stereocenters. The maximum Gasteiger partial charge on any atom is 0.405 e. The number of rotatable bonds is 11. The molecule has 1 N–H and O–H groups in total. The minimum Gasteiger partial charge on any atom is -0.379 e. The molecular weight excluding hydrogens is 665 g/mol. The van der Waals surface area contributed by atoms with E-state index in [0.717, 1.165) is 69.5 Å². The van der Waals surface area contributed by atoms with E-state index in [1.165, 1.54) is 5.56 Å². The van der Waals surface area contributed by atoms with E-state index in [4.69, 9.17) is 11.6 Å². The number of fused-ring (bicyclic) bond motifs is 3. The average molecular weight is 707 g/mol. The number of Topliss-reactive ketones (excluding diaryl/α,β-unsaturated/α-hetero) is 1. The normalized spacial score (nSPS) is 12.8. The Morgan fingerprint density at radius 1 is 0.843 bits per heavy atom. The van der Waals surface area contributed by atoms with Crippen molar-refractivity contribution in [2.24, 2.45) is 4.99 Å². The van der Waals surface area contributed by atoms with Crippen molar-refractivity contribution in [2.45, 2.75) is 58.0 Å². The van der Waals surface area contributed by atoms with Crippen LogP contribution in [0.2, 0.25) is 5.02 Å². The number of alkyl halides is 3. The number of carbonyl (C=O) groups excluding carboxylic acids is 1. The summed E-state index contributed by atoms with van der Waals surface area (Å²) in [5.41, 5.74) is 9.83. The monoisotopic (exact) mass is 706 g/mol. The van der Waals surface area contributed by atoms with Gasteiger partial charge in [-0.3, -0.25) is 9.79 Å². The molecule has 0 fully saturated rings. The van der Waals surface area contributed by atoms with Crippen molar-refractivity contribution in [3.05, 3.63) is 160 Å². The summed E-state index contributed by atoms with van der Waals surface area (Å²) in [5.74, 6) is 0.0653. The van der Waals surface area contributed by atoms with E-state index >= 15 is 0 Å². The first-order chi connectivity index (χ1) is 24.5. The molecule has 0 saturated carbocycles. The highest BCUT2D eigenvalue weighted by Crippen LogP contribution is 2.54. The van der Waals surface area contributed by atoms with Crippen molar-refractivity contribution in [1.82, 2.24) is 5.32 Å². The van der Waals surface area contributed by atoms with Crippen molar-refractivity contribution < 1.29 is 18.0 Å². The topological polar surface area (TPSA) is 41.5 Å². The molecule has 0 heterocycles. The first kappa shape index (κ1) is 37.3. The molecular formula is C44H42ClF3N2O. The van der Waals surface area contributed by atoms with Gasteiger partial charge in [0.15, 0.2) is 5.78 Å². The Morgan fingerprint density at radius 2 is 1.45 bits per heavy atom. The van der Waals surface area contributed by atoms with Gasteiger partial charge in [0.1, 0.15) is 6.54 Å². The van der Waals surface area contributed by atoms with Crippen LogP contribution in [0.1, 0.15) is 65.7 Å². The number of allylic oxidation sites excluding steroid dienone is 1. The lowest BCUT2D eigenvalue weighted by Crippen LogP contribution is -2.39. The van der Waals surface area contributed by atoms with Gasteiger partial charge in [0.2, 0.25) is 0 Å². The minimum atomic E-state index is -4.32. The Labute approximate surface area is 303 Å². The fourth-order valence-electron chi connectivity index (χ4n) is 7.07. The average Bonchev–Trinajstić information content (AvgIpc) is 3.41. The lowest BCUT2D eigenvalue weighted by Gasteiger charge is -2.35. The number of carbonyl (C=O) groups is 1. The summed E-state index contributed by atoms with van der Waals surface area (Å²) in [6.07, 6.45) is 0.749. The smallest absolute Gasteiger partial charge is 0.379 e. The van der Waals surface area contributed by atoms with E-state index in [-0.39, 0.29) is 5.78 Å². The highest BCUT2D eigenvalue weighted by Gasteiger charge is 2.45. The largest absolute Gasteiger partial charge is 0.405 e. The van der Waals surface area contributed by atoms with E-state index in [1.807, 2.05) is 104 Å². The fourth-order valence-corrected chi connectivity index (χ4v) is 7.26. The zero-order valence-corrected chi connectivity index (χ0v) is 29.9. The standard InChI is InChI=1S/C30H31F3N2.C14H11ClO/c1-4-34-28-21(2)12-11-14-23(28)13-9-10-19-29(22(3)35-20-30(31,32)33)26-17-7-5-15-24(26)25-16-6-8-18-27(25)29;1-10(16)13-7-2-3-8-14(13)11-5-4-6-12(15)9-11/h4-8,11-12,14-18,35H,3,9-10,13,19-20H2,1-2H3;2-9H,1H3. The second kappa shape index (κ2) is 16.4. The SMILES string of the molecule is C=C(NCC(F)(F)F)C1(CCCCc2cccc(C)c2N=CC)c2ccccc2-c2ccccc21.CC(=O)c1ccccc1-c1cccc(Cl)c1. The molecule has 51 heavy (non-hydrogen) atoms. The summed E-state index contributed by atoms with van der Waals surface area (Å²) in [6.45, 7) is 8.61. The summed E-state index contributed by atoms with van der Waals surface area (Å²) in [6, 6.07) is 37.3. The molecule has 1 aliphatic carbocycles. The maximum absolute atomic E-state index is 13.1. The molecule has 262 valence electrons. The number of ketones is 1. The summed E-state index contributed by atoms with van der Waals surface area (Å²) in [4.78, 5) is 16.0. The molecule has 0 amide bonds. The van der Waals surface area contributed by atoms with E-state index < -0.39 is 18.1 Å². The minimum absolute atomic E-state index is 0.0653. The zero-order chi connectivity index (χ0) is 36.6. The van der Waals surface area contributed by atoms with Gasteiger partial charge in [-0.2, -0.15) is 13.2 Å². The number of nitrogens with one attached hydrogen (secondary N) is 1. The van der Waals surface area contributed by atoms with Gasteiger partial charge in [-0.1, -0.05) is 128 Å². The highest BCUT2D eigenvalue weighted by atomic mass is 35.5. The van der Waals surface area contributed by atoms with E-state index in [0.29, 0.717) is 17.1 Å². The third-order valence-corrected chi connectivity index (χ3v) is 9.59. The van der Waals surface area contributed by atoms with Crippen LogP contribution in [-0.2, 0) is 11.8 Å². The number of unbranched alkanes of at least 4 members (excludes halogenated alkanes) is 1. The number of hydrogen-bond acceptors (Lipinski definition) is 3. The van der Waals surface area contributed by atoms with Gasteiger partial charge in [-0.05, 0) is 96.7 Å². The van der Waals surface area contributed by atoms with Crippen molar-refractivity contribution in [2.75, 3.05) is 6.54 Å². The van der Waals surface area contributed by atoms with E-state index in [2.05, 4.69) is 48.1 Å². The molecule has 0 radical (unpaired) electrons. The van der Waals surface area contributed by atoms with Crippen LogP contribution in [0.25, 0.3) is 22.3 Å². The maximum atomic E-state index is 13.1. The summed E-state index contributed by atoms with van der Waals surface area (Å²) in [7, 11) is 0. The van der Waals surface area contributed by atoms with Gasteiger partial charge in [-0.25, -0.2) is 0 Å². The predicted octanol–water partition coefficient (Wildman–Crippen LogP) is 12.3. The third kappa shape index (κ3) is 8.51. The number of aryl methyl sites for hydroxylation is 2. The number of para-hydroxylation sites is 1. The summed E-state index contributed by atoms with van der Waals surface area (Å²) in [5, 5.41) is 3.32. The molecule has 0 spiro atoms. The number of aliphatic imine (C=N–C) groups is 1. The number of hydrogen-bond donors (Lipinski definition) is 1. The van der Waals surface area contributed by atoms with Crippen LogP contribution in [0.4, 0.5) is 18.9 Å². The van der Waals surface area contributed by atoms with Crippen LogP contribution in [0.3, 0.4) is 0 Å². The van der Waals surface area contributed by atoms with Gasteiger partial charge in [0.25, 0.3) is 0 Å². The molecule has 5 aromatic carbocycles. The van der Waals surface area contributed by atoms with Crippen molar-refractivity contribution >= 4 is 29.3 Å². The molecule has 3 nitrogen and oxygen atoms in total. The van der Waals surface area contributed by atoms with Crippen LogP contribution >= 0.6 is 11.6 Å². The molecule has 0 atom stereocenters. The quantitative estimate of drug-likeness (QED) is 0.0844. The molecule has 6 rings (SSSR count). The van der Waals surface area contributed by atoms with Crippen LogP contribution in [0.15, 0.2) is 133 Å².